The molecular formula is C19H25N3O3. The summed E-state index contributed by atoms with van der Waals surface area (Å²) in [5.41, 5.74) is 2.64. The van der Waals surface area contributed by atoms with E-state index >= 15 is 0 Å². The fourth-order valence-electron chi connectivity index (χ4n) is 3.45. The van der Waals surface area contributed by atoms with Crippen molar-refractivity contribution in [3.05, 3.63) is 29.5 Å². The zero-order valence-electron chi connectivity index (χ0n) is 15.0. The lowest BCUT2D eigenvalue weighted by Gasteiger charge is -2.32. The molecule has 1 saturated heterocycles. The third-order valence-electron chi connectivity index (χ3n) is 4.90. The number of fused-ring (bicyclic) bond motifs is 1. The standard InChI is InChI=1S/C19H25N3O3/c1-12-7-8-15-14(10-12)17(18(20-15)19(24)25-3)21-16(23)11-22-9-5-4-6-13(22)2/h7-8,10,13,20H,4-6,9,11H2,1-3H3,(H,21,23)/t13-/m0/s1. The number of aromatic amines is 1. The molecule has 134 valence electrons. The molecule has 6 heteroatoms. The van der Waals surface area contributed by atoms with Gasteiger partial charge in [-0.15, -0.1) is 0 Å². The van der Waals surface area contributed by atoms with Gasteiger partial charge >= 0.3 is 5.97 Å². The summed E-state index contributed by atoms with van der Waals surface area (Å²) in [6, 6.07) is 6.22. The predicted octanol–water partition coefficient (Wildman–Crippen LogP) is 3.08. The van der Waals surface area contributed by atoms with Crippen molar-refractivity contribution in [3.63, 3.8) is 0 Å². The highest BCUT2D eigenvalue weighted by Gasteiger charge is 2.24. The number of nitrogens with one attached hydrogen (secondary N) is 2. The number of benzene rings is 1. The van der Waals surface area contributed by atoms with Crippen LogP contribution in [0.25, 0.3) is 10.9 Å². The van der Waals surface area contributed by atoms with Crippen LogP contribution in [0, 0.1) is 6.92 Å². The van der Waals surface area contributed by atoms with Gasteiger partial charge in [0.25, 0.3) is 0 Å². The molecule has 1 amide bonds. The van der Waals surface area contributed by atoms with E-state index in [0.29, 0.717) is 18.3 Å². The molecule has 1 fully saturated rings. The molecular weight excluding hydrogens is 318 g/mol. The van der Waals surface area contributed by atoms with E-state index in [2.05, 4.69) is 22.1 Å². The minimum absolute atomic E-state index is 0.110. The zero-order chi connectivity index (χ0) is 18.0. The summed E-state index contributed by atoms with van der Waals surface area (Å²) in [5, 5.41) is 3.75. The monoisotopic (exact) mass is 343 g/mol. The lowest BCUT2D eigenvalue weighted by molar-refractivity contribution is -0.118. The summed E-state index contributed by atoms with van der Waals surface area (Å²) in [5.74, 6) is -0.600. The minimum atomic E-state index is -0.490. The fourth-order valence-corrected chi connectivity index (χ4v) is 3.45. The number of nitrogens with zero attached hydrogens (tertiary/aromatic N) is 1. The lowest BCUT2D eigenvalue weighted by Crippen LogP contribution is -2.42. The smallest absolute Gasteiger partial charge is 0.356 e. The van der Waals surface area contributed by atoms with Gasteiger partial charge in [0, 0.05) is 16.9 Å². The minimum Gasteiger partial charge on any atom is -0.464 e. The maximum Gasteiger partial charge on any atom is 0.356 e. The highest BCUT2D eigenvalue weighted by molar-refractivity contribution is 6.11. The van der Waals surface area contributed by atoms with Crippen molar-refractivity contribution >= 4 is 28.5 Å². The highest BCUT2D eigenvalue weighted by Crippen LogP contribution is 2.29. The number of likely N-dealkylation sites (tertiary alicyclic amines) is 1. The van der Waals surface area contributed by atoms with Crippen molar-refractivity contribution in [2.24, 2.45) is 0 Å². The first kappa shape index (κ1) is 17.5. The molecule has 1 aromatic carbocycles. The summed E-state index contributed by atoms with van der Waals surface area (Å²) in [6.07, 6.45) is 3.46. The van der Waals surface area contributed by atoms with Crippen LogP contribution in [0.15, 0.2) is 18.2 Å². The number of amides is 1. The third-order valence-corrected chi connectivity index (χ3v) is 4.90. The van der Waals surface area contributed by atoms with Gasteiger partial charge in [0.2, 0.25) is 5.91 Å². The van der Waals surface area contributed by atoms with Crippen molar-refractivity contribution in [3.8, 4) is 0 Å². The second-order valence-corrected chi connectivity index (χ2v) is 6.78. The van der Waals surface area contributed by atoms with E-state index in [0.717, 1.165) is 35.9 Å². The number of hydrogen-bond acceptors (Lipinski definition) is 4. The van der Waals surface area contributed by atoms with Crippen LogP contribution >= 0.6 is 0 Å². The summed E-state index contributed by atoms with van der Waals surface area (Å²) in [6.45, 7) is 5.40. The van der Waals surface area contributed by atoms with Crippen LogP contribution < -0.4 is 5.32 Å². The third kappa shape index (κ3) is 3.69. The molecule has 2 aromatic rings. The molecule has 1 atom stereocenters. The van der Waals surface area contributed by atoms with E-state index < -0.39 is 5.97 Å². The summed E-state index contributed by atoms with van der Waals surface area (Å²) < 4.78 is 4.85. The van der Waals surface area contributed by atoms with E-state index in [1.807, 2.05) is 25.1 Å². The lowest BCUT2D eigenvalue weighted by atomic mass is 10.0. The van der Waals surface area contributed by atoms with E-state index in [4.69, 9.17) is 4.74 Å². The predicted molar refractivity (Wildman–Crippen MR) is 97.9 cm³/mol. The summed E-state index contributed by atoms with van der Waals surface area (Å²) >= 11 is 0. The average Bonchev–Trinajstić information content (AvgIpc) is 2.94. The summed E-state index contributed by atoms with van der Waals surface area (Å²) in [4.78, 5) is 29.9. The van der Waals surface area contributed by atoms with Gasteiger partial charge in [0.1, 0.15) is 5.69 Å². The maximum absolute atomic E-state index is 12.6. The van der Waals surface area contributed by atoms with Crippen LogP contribution in [0.4, 0.5) is 5.69 Å². The highest BCUT2D eigenvalue weighted by atomic mass is 16.5. The number of hydrogen-bond donors (Lipinski definition) is 2. The van der Waals surface area contributed by atoms with Gasteiger partial charge < -0.3 is 15.0 Å². The van der Waals surface area contributed by atoms with E-state index in [9.17, 15) is 9.59 Å². The van der Waals surface area contributed by atoms with Gasteiger partial charge in [0.05, 0.1) is 19.3 Å². The normalized spacial score (nSPS) is 18.3. The van der Waals surface area contributed by atoms with Crippen LogP contribution in [0.2, 0.25) is 0 Å². The van der Waals surface area contributed by atoms with Crippen molar-refractivity contribution in [1.29, 1.82) is 0 Å². The van der Waals surface area contributed by atoms with Gasteiger partial charge in [0.15, 0.2) is 0 Å². The first-order valence-electron chi connectivity index (χ1n) is 8.74. The molecule has 0 radical (unpaired) electrons. The Labute approximate surface area is 147 Å². The number of carbonyl (C=O) groups excluding carboxylic acids is 2. The van der Waals surface area contributed by atoms with Crippen molar-refractivity contribution < 1.29 is 14.3 Å². The Morgan fingerprint density at radius 1 is 1.36 bits per heavy atom. The number of esters is 1. The summed E-state index contributed by atoms with van der Waals surface area (Å²) in [7, 11) is 1.33. The Morgan fingerprint density at radius 2 is 2.16 bits per heavy atom. The first-order chi connectivity index (χ1) is 12.0. The van der Waals surface area contributed by atoms with E-state index in [1.54, 1.807) is 0 Å². The Bertz CT molecular complexity index is 797. The number of aryl methyl sites for hydroxylation is 1. The second-order valence-electron chi connectivity index (χ2n) is 6.78. The molecule has 2 N–H and O–H groups in total. The quantitative estimate of drug-likeness (QED) is 0.837. The molecule has 3 rings (SSSR count). The van der Waals surface area contributed by atoms with Crippen LogP contribution in [0.1, 0.15) is 42.2 Å². The van der Waals surface area contributed by atoms with E-state index in [-0.39, 0.29) is 11.6 Å². The molecule has 6 nitrogen and oxygen atoms in total. The zero-order valence-corrected chi connectivity index (χ0v) is 15.0. The van der Waals surface area contributed by atoms with Gasteiger partial charge in [-0.05, 0) is 45.4 Å². The molecule has 1 aliphatic heterocycles. The number of H-pyrrole nitrogens is 1. The molecule has 1 aliphatic rings. The number of methoxy groups -OCH3 is 1. The van der Waals surface area contributed by atoms with Gasteiger partial charge in [-0.3, -0.25) is 9.69 Å². The first-order valence-corrected chi connectivity index (χ1v) is 8.74. The van der Waals surface area contributed by atoms with Crippen LogP contribution in [-0.2, 0) is 9.53 Å². The average molecular weight is 343 g/mol. The molecule has 0 saturated carbocycles. The Morgan fingerprint density at radius 3 is 2.88 bits per heavy atom. The molecule has 1 aromatic heterocycles. The maximum atomic E-state index is 12.6. The van der Waals surface area contributed by atoms with Crippen molar-refractivity contribution in [2.75, 3.05) is 25.5 Å². The molecule has 0 spiro atoms. The van der Waals surface area contributed by atoms with Gasteiger partial charge in [-0.25, -0.2) is 4.79 Å². The SMILES string of the molecule is COC(=O)c1[nH]c2ccc(C)cc2c1NC(=O)CN1CCCC[C@@H]1C. The van der Waals surface area contributed by atoms with Crippen LogP contribution in [-0.4, -0.2) is 48.0 Å². The number of rotatable bonds is 4. The number of ether oxygens (including phenoxy) is 1. The van der Waals surface area contributed by atoms with E-state index in [1.165, 1.54) is 13.5 Å². The molecule has 0 aliphatic carbocycles. The Hall–Kier alpha value is -2.34. The molecule has 25 heavy (non-hydrogen) atoms. The Kier molecular flexibility index (Phi) is 5.08. The largest absolute Gasteiger partial charge is 0.464 e. The molecule has 2 heterocycles. The molecule has 0 unspecified atom stereocenters. The fraction of sp³-hybridized carbons (Fsp3) is 0.474. The van der Waals surface area contributed by atoms with Gasteiger partial charge in [-0.2, -0.15) is 0 Å². The van der Waals surface area contributed by atoms with Crippen LogP contribution in [0.5, 0.6) is 0 Å². The van der Waals surface area contributed by atoms with Gasteiger partial charge in [-0.1, -0.05) is 18.1 Å². The van der Waals surface area contributed by atoms with Crippen molar-refractivity contribution in [2.45, 2.75) is 39.2 Å². The number of anilines is 1. The second kappa shape index (κ2) is 7.27. The Balaban J connectivity index is 1.87. The topological polar surface area (TPSA) is 74.4 Å². The molecule has 0 bridgehead atoms. The number of piperidine rings is 1. The number of aromatic nitrogens is 1. The van der Waals surface area contributed by atoms with Crippen molar-refractivity contribution in [1.82, 2.24) is 9.88 Å². The number of carbonyl (C=O) groups is 2. The van der Waals surface area contributed by atoms with Crippen LogP contribution in [0.3, 0.4) is 0 Å².